The Kier molecular flexibility index (Phi) is 3.38. The van der Waals surface area contributed by atoms with Gasteiger partial charge in [0, 0.05) is 24.5 Å². The minimum absolute atomic E-state index is 0.0525. The molecule has 1 aromatic carbocycles. The van der Waals surface area contributed by atoms with Gasteiger partial charge in [-0.1, -0.05) is 24.3 Å². The zero-order valence-corrected chi connectivity index (χ0v) is 10.2. The van der Waals surface area contributed by atoms with Gasteiger partial charge in [-0.2, -0.15) is 0 Å². The number of hydrogen-bond donors (Lipinski definition) is 1. The zero-order valence-electron chi connectivity index (χ0n) is 10.2. The summed E-state index contributed by atoms with van der Waals surface area (Å²) in [6.45, 7) is 2.05. The molecule has 3 heteroatoms. The number of carbonyl (C=O) groups is 1. The highest BCUT2D eigenvalue weighted by atomic mass is 16.1. The van der Waals surface area contributed by atoms with Gasteiger partial charge in [0.2, 0.25) is 5.91 Å². The lowest BCUT2D eigenvalue weighted by atomic mass is 10.1. The summed E-state index contributed by atoms with van der Waals surface area (Å²) >= 11 is 0. The quantitative estimate of drug-likeness (QED) is 0.875. The van der Waals surface area contributed by atoms with Crippen LogP contribution in [0.3, 0.4) is 0 Å². The Labute approximate surface area is 101 Å². The van der Waals surface area contributed by atoms with Crippen molar-refractivity contribution >= 4 is 16.8 Å². The summed E-state index contributed by atoms with van der Waals surface area (Å²) in [5, 5.41) is 3.76. The number of carbonyl (C=O) groups excluding carboxylic acids is 1. The maximum Gasteiger partial charge on any atom is 0.220 e. The smallest absolute Gasteiger partial charge is 0.220 e. The Morgan fingerprint density at radius 2 is 2.12 bits per heavy atom. The maximum atomic E-state index is 11.2. The third-order valence-corrected chi connectivity index (χ3v) is 2.87. The van der Waals surface area contributed by atoms with Crippen LogP contribution in [-0.2, 0) is 11.2 Å². The summed E-state index contributed by atoms with van der Waals surface area (Å²) in [7, 11) is 1.65. The number of amides is 1. The van der Waals surface area contributed by atoms with Crippen LogP contribution >= 0.6 is 0 Å². The summed E-state index contributed by atoms with van der Waals surface area (Å²) in [6, 6.07) is 10.2. The molecule has 0 saturated carbocycles. The van der Waals surface area contributed by atoms with Crippen LogP contribution in [0.4, 0.5) is 0 Å². The summed E-state index contributed by atoms with van der Waals surface area (Å²) in [6.07, 6.45) is 1.17. The van der Waals surface area contributed by atoms with Crippen LogP contribution in [0.5, 0.6) is 0 Å². The van der Waals surface area contributed by atoms with Crippen molar-refractivity contribution in [1.29, 1.82) is 0 Å². The van der Waals surface area contributed by atoms with Crippen LogP contribution < -0.4 is 5.32 Å². The molecule has 2 rings (SSSR count). The molecule has 0 saturated heterocycles. The molecule has 0 atom stereocenters. The van der Waals surface area contributed by atoms with Crippen molar-refractivity contribution in [2.75, 3.05) is 7.05 Å². The van der Waals surface area contributed by atoms with Crippen molar-refractivity contribution < 1.29 is 4.79 Å². The molecule has 0 unspecified atom stereocenters. The van der Waals surface area contributed by atoms with Gasteiger partial charge < -0.3 is 5.32 Å². The largest absolute Gasteiger partial charge is 0.359 e. The average molecular weight is 228 g/mol. The summed E-state index contributed by atoms with van der Waals surface area (Å²) in [4.78, 5) is 15.8. The summed E-state index contributed by atoms with van der Waals surface area (Å²) in [5.41, 5.74) is 3.17. The van der Waals surface area contributed by atoms with Crippen molar-refractivity contribution in [1.82, 2.24) is 10.3 Å². The van der Waals surface area contributed by atoms with E-state index in [-0.39, 0.29) is 5.91 Å². The monoisotopic (exact) mass is 228 g/mol. The fourth-order valence-corrected chi connectivity index (χ4v) is 1.84. The van der Waals surface area contributed by atoms with E-state index >= 15 is 0 Å². The minimum Gasteiger partial charge on any atom is -0.359 e. The number of aryl methyl sites for hydroxylation is 2. The first-order valence-corrected chi connectivity index (χ1v) is 5.76. The molecule has 0 fully saturated rings. The van der Waals surface area contributed by atoms with Crippen LogP contribution in [0.2, 0.25) is 0 Å². The van der Waals surface area contributed by atoms with Crippen LogP contribution in [0.15, 0.2) is 30.3 Å². The van der Waals surface area contributed by atoms with E-state index in [1.54, 1.807) is 7.05 Å². The highest BCUT2D eigenvalue weighted by Crippen LogP contribution is 2.16. The molecule has 0 spiro atoms. The second-order valence-corrected chi connectivity index (χ2v) is 4.12. The number of hydrogen-bond acceptors (Lipinski definition) is 2. The van der Waals surface area contributed by atoms with Crippen LogP contribution in [-0.4, -0.2) is 17.9 Å². The Morgan fingerprint density at radius 3 is 2.88 bits per heavy atom. The number of nitrogens with one attached hydrogen (secondary N) is 1. The lowest BCUT2D eigenvalue weighted by Crippen LogP contribution is -2.18. The predicted molar refractivity (Wildman–Crippen MR) is 68.9 cm³/mol. The molecule has 1 amide bonds. The topological polar surface area (TPSA) is 42.0 Å². The third-order valence-electron chi connectivity index (χ3n) is 2.87. The summed E-state index contributed by atoms with van der Waals surface area (Å²) in [5.74, 6) is 0.0525. The molecule has 1 heterocycles. The van der Waals surface area contributed by atoms with Crippen molar-refractivity contribution in [3.63, 3.8) is 0 Å². The third kappa shape index (κ3) is 2.61. The Hall–Kier alpha value is -1.90. The van der Waals surface area contributed by atoms with Gasteiger partial charge in [-0.25, -0.2) is 0 Å². The number of fused-ring (bicyclic) bond motifs is 1. The van der Waals surface area contributed by atoms with Crippen LogP contribution in [0, 0.1) is 6.92 Å². The molecule has 2 aromatic rings. The number of nitrogens with zero attached hydrogens (tertiary/aromatic N) is 1. The molecule has 0 aliphatic rings. The van der Waals surface area contributed by atoms with E-state index in [0.717, 1.165) is 16.6 Å². The number of aromatic nitrogens is 1. The van der Waals surface area contributed by atoms with Gasteiger partial charge in [-0.3, -0.25) is 9.78 Å². The average Bonchev–Trinajstić information content (AvgIpc) is 2.36. The van der Waals surface area contributed by atoms with E-state index < -0.39 is 0 Å². The molecule has 1 aromatic heterocycles. The number of rotatable bonds is 3. The van der Waals surface area contributed by atoms with Gasteiger partial charge in [0.15, 0.2) is 0 Å². The van der Waals surface area contributed by atoms with E-state index in [9.17, 15) is 4.79 Å². The van der Waals surface area contributed by atoms with E-state index in [1.807, 2.05) is 12.1 Å². The highest BCUT2D eigenvalue weighted by molar-refractivity contribution is 5.81. The molecule has 0 aliphatic carbocycles. The maximum absolute atomic E-state index is 11.2. The van der Waals surface area contributed by atoms with Crippen molar-refractivity contribution in [2.45, 2.75) is 19.8 Å². The zero-order chi connectivity index (χ0) is 12.3. The second kappa shape index (κ2) is 4.95. The van der Waals surface area contributed by atoms with E-state index in [4.69, 9.17) is 0 Å². The van der Waals surface area contributed by atoms with Gasteiger partial charge in [-0.15, -0.1) is 0 Å². The Bertz CT molecular complexity index is 549. The minimum atomic E-state index is 0.0525. The molecule has 1 N–H and O–H groups in total. The van der Waals surface area contributed by atoms with Gasteiger partial charge in [0.05, 0.1) is 5.52 Å². The van der Waals surface area contributed by atoms with Gasteiger partial charge in [0.1, 0.15) is 0 Å². The van der Waals surface area contributed by atoms with Gasteiger partial charge in [0.25, 0.3) is 0 Å². The molecule has 3 nitrogen and oxygen atoms in total. The molecule has 0 radical (unpaired) electrons. The SMILES string of the molecule is CNC(=O)CCc1ccc2cccc(C)c2n1. The molecule has 88 valence electrons. The van der Waals surface area contributed by atoms with Crippen LogP contribution in [0.1, 0.15) is 17.7 Å². The fraction of sp³-hybridized carbons (Fsp3) is 0.286. The fourth-order valence-electron chi connectivity index (χ4n) is 1.84. The first-order valence-electron chi connectivity index (χ1n) is 5.76. The van der Waals surface area contributed by atoms with Crippen molar-refractivity contribution in [3.8, 4) is 0 Å². The van der Waals surface area contributed by atoms with Crippen molar-refractivity contribution in [2.24, 2.45) is 0 Å². The first-order chi connectivity index (χ1) is 8.20. The molecule has 0 bridgehead atoms. The summed E-state index contributed by atoms with van der Waals surface area (Å²) < 4.78 is 0. The van der Waals surface area contributed by atoms with E-state index in [2.05, 4.69) is 35.4 Å². The predicted octanol–water partition coefficient (Wildman–Crippen LogP) is 2.22. The van der Waals surface area contributed by atoms with Gasteiger partial charge in [-0.05, 0) is 25.0 Å². The number of benzene rings is 1. The van der Waals surface area contributed by atoms with Crippen molar-refractivity contribution in [3.05, 3.63) is 41.6 Å². The number of pyridine rings is 1. The Balaban J connectivity index is 2.25. The standard InChI is InChI=1S/C14H16N2O/c1-10-4-3-5-11-6-7-12(16-14(10)11)8-9-13(17)15-2/h3-7H,8-9H2,1-2H3,(H,15,17). The van der Waals surface area contributed by atoms with Crippen LogP contribution in [0.25, 0.3) is 10.9 Å². The van der Waals surface area contributed by atoms with Gasteiger partial charge >= 0.3 is 0 Å². The van der Waals surface area contributed by atoms with E-state index in [0.29, 0.717) is 12.8 Å². The highest BCUT2D eigenvalue weighted by Gasteiger charge is 2.03. The Morgan fingerprint density at radius 1 is 1.29 bits per heavy atom. The molecular formula is C14H16N2O. The van der Waals surface area contributed by atoms with E-state index in [1.165, 1.54) is 5.56 Å². The lowest BCUT2D eigenvalue weighted by molar-refractivity contribution is -0.120. The molecule has 17 heavy (non-hydrogen) atoms. The number of para-hydroxylation sites is 1. The lowest BCUT2D eigenvalue weighted by Gasteiger charge is -2.04. The normalized spacial score (nSPS) is 10.5. The molecular weight excluding hydrogens is 212 g/mol. The molecule has 0 aliphatic heterocycles. The first kappa shape index (κ1) is 11.6. The second-order valence-electron chi connectivity index (χ2n) is 4.12.